The summed E-state index contributed by atoms with van der Waals surface area (Å²) >= 11 is 0. The van der Waals surface area contributed by atoms with Crippen molar-refractivity contribution in [3.05, 3.63) is 85.1 Å². The van der Waals surface area contributed by atoms with Crippen LogP contribution in [0.5, 0.6) is 0 Å². The number of aliphatic hydroxyl groups excluding tert-OH is 9. The fraction of sp³-hybridized carbons (Fsp3) is 0.660. The molecule has 0 saturated carbocycles. The Bertz CT molecular complexity index is 1670. The molecule has 368 valence electrons. The van der Waals surface area contributed by atoms with Crippen LogP contribution in [0.1, 0.15) is 79.1 Å². The predicted molar refractivity (Wildman–Crippen MR) is 237 cm³/mol. The molecular formula is C47H73NO17. The first-order valence-corrected chi connectivity index (χ1v) is 22.3. The first kappa shape index (κ1) is 55.9. The number of carboxylic acid groups (broad SMARTS) is 1. The number of fused-ring (bicyclic) bond motifs is 2. The van der Waals surface area contributed by atoms with Crippen LogP contribution in [0.15, 0.2) is 85.1 Å². The number of rotatable bonds is 3. The summed E-state index contributed by atoms with van der Waals surface area (Å²) in [5, 5.41) is 118. The molecule has 0 unspecified atom stereocenters. The summed E-state index contributed by atoms with van der Waals surface area (Å²) < 4.78 is 23.1. The molecule has 2 bridgehead atoms. The highest BCUT2D eigenvalue weighted by molar-refractivity contribution is 5.71. The van der Waals surface area contributed by atoms with E-state index in [1.165, 1.54) is 13.0 Å². The molecule has 3 aliphatic rings. The van der Waals surface area contributed by atoms with Crippen LogP contribution in [0, 0.1) is 17.8 Å². The second kappa shape index (κ2) is 27.4. The van der Waals surface area contributed by atoms with Crippen molar-refractivity contribution < 1.29 is 84.7 Å². The van der Waals surface area contributed by atoms with Crippen LogP contribution in [-0.2, 0) is 28.5 Å². The third kappa shape index (κ3) is 18.6. The molecule has 0 aromatic rings. The number of hydrogen-bond acceptors (Lipinski definition) is 17. The zero-order valence-electron chi connectivity index (χ0n) is 37.6. The molecule has 2 saturated heterocycles. The predicted octanol–water partition coefficient (Wildman–Crippen LogP) is 0.712. The summed E-state index contributed by atoms with van der Waals surface area (Å²) in [4.78, 5) is 25.1. The number of cyclic esters (lactones) is 1. The molecule has 18 heteroatoms. The van der Waals surface area contributed by atoms with E-state index < -0.39 is 147 Å². The molecule has 2 fully saturated rings. The molecule has 3 aliphatic heterocycles. The van der Waals surface area contributed by atoms with Gasteiger partial charge >= 0.3 is 11.9 Å². The Balaban J connectivity index is 1.86. The van der Waals surface area contributed by atoms with Gasteiger partial charge in [-0.25, -0.2) is 0 Å². The van der Waals surface area contributed by atoms with Gasteiger partial charge in [-0.05, 0) is 33.1 Å². The number of aliphatic hydroxyl groups is 10. The van der Waals surface area contributed by atoms with E-state index in [0.717, 1.165) is 0 Å². The topological polar surface area (TPSA) is 320 Å². The van der Waals surface area contributed by atoms with E-state index in [-0.39, 0.29) is 31.6 Å². The lowest BCUT2D eigenvalue weighted by Gasteiger charge is -2.45. The average Bonchev–Trinajstić information content (AvgIpc) is 3.21. The highest BCUT2D eigenvalue weighted by Gasteiger charge is 2.51. The van der Waals surface area contributed by atoms with E-state index in [1.807, 2.05) is 19.1 Å². The molecule has 65 heavy (non-hydrogen) atoms. The van der Waals surface area contributed by atoms with Gasteiger partial charge in [0.2, 0.25) is 0 Å². The largest absolute Gasteiger partial charge is 0.481 e. The minimum absolute atomic E-state index is 0.107. The standard InChI is InChI=1S/C47H73NO17/c1-27-17-15-13-11-9-7-5-6-8-10-12-14-16-18-34(64-46-44(58)41(48)43(57)30(4)63-46)24-38-40(45(59)60)37(54)26-47(61,65-38)25-33(51)22-36(53)35(52)20-19-31(49)21-32(50)23-39(55)62-29(3)28(2)42(27)56/h5-18,27-38,40-44,46,49-54,56-58,61H,19-26,48H2,1-4H3,(H,59,60)/b6-5+,9-7+,10-8+,13-11+,14-12+,17-15+,18-16+/t27-,28+,29-,30-,31+,32+,33-,34+,35-,36+,37+,38-,40+,41+,42-,43+,44+,46+,47+/m1/s1. The van der Waals surface area contributed by atoms with Crippen LogP contribution in [0.3, 0.4) is 0 Å². The summed E-state index contributed by atoms with van der Waals surface area (Å²) in [5.41, 5.74) is 6.02. The number of carbonyl (C=O) groups is 2. The summed E-state index contributed by atoms with van der Waals surface area (Å²) in [7, 11) is 0. The Morgan fingerprint density at radius 3 is 1.82 bits per heavy atom. The molecule has 3 heterocycles. The Labute approximate surface area is 381 Å². The third-order valence-corrected chi connectivity index (χ3v) is 12.0. The molecule has 0 aromatic carbocycles. The molecule has 19 atom stereocenters. The lowest BCUT2D eigenvalue weighted by atomic mass is 9.82. The molecule has 0 spiro atoms. The summed E-state index contributed by atoms with van der Waals surface area (Å²) in [6.07, 6.45) is 3.46. The lowest BCUT2D eigenvalue weighted by molar-refractivity contribution is -0.308. The molecule has 13 N–H and O–H groups in total. The Morgan fingerprint density at radius 2 is 1.23 bits per heavy atom. The van der Waals surface area contributed by atoms with Crippen molar-refractivity contribution in [2.45, 2.75) is 177 Å². The van der Waals surface area contributed by atoms with Gasteiger partial charge in [0.15, 0.2) is 12.1 Å². The van der Waals surface area contributed by atoms with Crippen LogP contribution in [0.2, 0.25) is 0 Å². The molecule has 0 radical (unpaired) electrons. The second-order valence-electron chi connectivity index (χ2n) is 17.6. The van der Waals surface area contributed by atoms with Crippen LogP contribution < -0.4 is 5.73 Å². The van der Waals surface area contributed by atoms with Crippen molar-refractivity contribution in [2.24, 2.45) is 23.5 Å². The van der Waals surface area contributed by atoms with Gasteiger partial charge in [0, 0.05) is 37.5 Å². The van der Waals surface area contributed by atoms with Crippen molar-refractivity contribution in [2.75, 3.05) is 0 Å². The fourth-order valence-electron chi connectivity index (χ4n) is 7.97. The van der Waals surface area contributed by atoms with Gasteiger partial charge in [-0.2, -0.15) is 0 Å². The van der Waals surface area contributed by atoms with Gasteiger partial charge in [0.05, 0.1) is 79.6 Å². The monoisotopic (exact) mass is 923 g/mol. The second-order valence-corrected chi connectivity index (χ2v) is 17.6. The molecule has 0 aliphatic carbocycles. The molecule has 18 nitrogen and oxygen atoms in total. The summed E-state index contributed by atoms with van der Waals surface area (Å²) in [6, 6.07) is -1.15. The van der Waals surface area contributed by atoms with Crippen molar-refractivity contribution >= 4 is 11.9 Å². The first-order chi connectivity index (χ1) is 30.6. The van der Waals surface area contributed by atoms with Gasteiger partial charge < -0.3 is 80.9 Å². The maximum absolute atomic E-state index is 12.6. The zero-order chi connectivity index (χ0) is 48.4. The smallest absolute Gasteiger partial charge is 0.311 e. The van der Waals surface area contributed by atoms with Crippen molar-refractivity contribution in [3.63, 3.8) is 0 Å². The normalized spacial score (nSPS) is 45.5. The molecule has 0 amide bonds. The van der Waals surface area contributed by atoms with Crippen molar-refractivity contribution in [1.29, 1.82) is 0 Å². The number of aliphatic carboxylic acids is 1. The Morgan fingerprint density at radius 1 is 0.662 bits per heavy atom. The van der Waals surface area contributed by atoms with Gasteiger partial charge in [-0.1, -0.05) is 98.9 Å². The van der Waals surface area contributed by atoms with Gasteiger partial charge in [-0.15, -0.1) is 0 Å². The SMILES string of the molecule is C[C@@H]1[C@H](O)[C@H](C)/C=C/C=C/C=C/C=C/C=C/C=C/C=C/[C@H](O[C@@H]2O[C@H](C)[C@H](O)[C@H](N)[C@@H]2O)C[C@H]2O[C@@](O)(C[C@H](O)C[C@H](O)[C@H](O)CC[C@H](O)C[C@H](O)CC(=O)O[C@@H]1C)C[C@H](O)[C@@H]2C(=O)O. The number of esters is 1. The summed E-state index contributed by atoms with van der Waals surface area (Å²) in [5.74, 6) is -6.83. The maximum Gasteiger partial charge on any atom is 0.311 e. The van der Waals surface area contributed by atoms with Gasteiger partial charge in [0.25, 0.3) is 0 Å². The number of nitrogens with two attached hydrogens (primary N) is 1. The Hall–Kier alpha value is -3.44. The zero-order valence-corrected chi connectivity index (χ0v) is 37.6. The number of allylic oxidation sites excluding steroid dienone is 12. The third-order valence-electron chi connectivity index (χ3n) is 12.0. The van der Waals surface area contributed by atoms with Gasteiger partial charge in [0.1, 0.15) is 18.1 Å². The van der Waals surface area contributed by atoms with E-state index in [9.17, 15) is 65.8 Å². The van der Waals surface area contributed by atoms with Crippen LogP contribution in [0.4, 0.5) is 0 Å². The summed E-state index contributed by atoms with van der Waals surface area (Å²) in [6.45, 7) is 6.74. The van der Waals surface area contributed by atoms with E-state index in [1.54, 1.807) is 80.7 Å². The quantitative estimate of drug-likeness (QED) is 0.174. The Kier molecular flexibility index (Phi) is 23.6. The highest BCUT2D eigenvalue weighted by atomic mass is 16.7. The van der Waals surface area contributed by atoms with E-state index in [0.29, 0.717) is 0 Å². The van der Waals surface area contributed by atoms with E-state index in [4.69, 9.17) is 24.7 Å². The van der Waals surface area contributed by atoms with E-state index >= 15 is 0 Å². The maximum atomic E-state index is 12.6. The van der Waals surface area contributed by atoms with Gasteiger partial charge in [-0.3, -0.25) is 9.59 Å². The number of hydrogen-bond donors (Lipinski definition) is 12. The molecular weight excluding hydrogens is 851 g/mol. The first-order valence-electron chi connectivity index (χ1n) is 22.3. The molecule has 0 aromatic heterocycles. The lowest BCUT2D eigenvalue weighted by Crippen LogP contribution is -2.61. The molecule has 3 rings (SSSR count). The van der Waals surface area contributed by atoms with Crippen LogP contribution >= 0.6 is 0 Å². The fourth-order valence-corrected chi connectivity index (χ4v) is 7.97. The minimum atomic E-state index is -2.33. The van der Waals surface area contributed by atoms with Crippen LogP contribution in [-0.4, -0.2) is 166 Å². The number of carboxylic acids is 1. The van der Waals surface area contributed by atoms with Crippen molar-refractivity contribution in [1.82, 2.24) is 0 Å². The average molecular weight is 924 g/mol. The van der Waals surface area contributed by atoms with E-state index in [2.05, 4.69) is 0 Å². The number of carbonyl (C=O) groups excluding carboxylic acids is 1. The van der Waals surface area contributed by atoms with Crippen molar-refractivity contribution in [3.8, 4) is 0 Å². The minimum Gasteiger partial charge on any atom is -0.481 e. The van der Waals surface area contributed by atoms with Crippen LogP contribution in [0.25, 0.3) is 0 Å². The number of ether oxygens (including phenoxy) is 4. The highest BCUT2D eigenvalue weighted by Crippen LogP contribution is 2.38.